The predicted molar refractivity (Wildman–Crippen MR) is 82.1 cm³/mol. The van der Waals surface area contributed by atoms with Crippen LogP contribution in [0.4, 0.5) is 0 Å². The average molecular weight is 289 g/mol. The molecule has 2 N–H and O–H groups in total. The molecule has 2 amide bonds. The lowest BCUT2D eigenvalue weighted by atomic mass is 10.2. The summed E-state index contributed by atoms with van der Waals surface area (Å²) in [4.78, 5) is 25.9. The van der Waals surface area contributed by atoms with Gasteiger partial charge in [-0.05, 0) is 38.4 Å². The molecule has 5 heteroatoms. The van der Waals surface area contributed by atoms with Crippen molar-refractivity contribution in [2.75, 3.05) is 26.2 Å². The first-order valence-corrected chi connectivity index (χ1v) is 7.55. The van der Waals surface area contributed by atoms with E-state index in [1.54, 1.807) is 29.2 Å². The number of benzene rings is 1. The van der Waals surface area contributed by atoms with Crippen LogP contribution in [0.2, 0.25) is 0 Å². The lowest BCUT2D eigenvalue weighted by Crippen LogP contribution is -2.45. The van der Waals surface area contributed by atoms with Gasteiger partial charge in [-0.1, -0.05) is 18.2 Å². The molecule has 1 aliphatic rings. The largest absolute Gasteiger partial charge is 0.343 e. The van der Waals surface area contributed by atoms with Gasteiger partial charge in [0.25, 0.3) is 5.91 Å². The smallest absolute Gasteiger partial charge is 0.251 e. The Balaban J connectivity index is 1.80. The van der Waals surface area contributed by atoms with Crippen molar-refractivity contribution >= 4 is 11.8 Å². The first-order valence-electron chi connectivity index (χ1n) is 7.55. The van der Waals surface area contributed by atoms with E-state index < -0.39 is 0 Å². The van der Waals surface area contributed by atoms with Crippen molar-refractivity contribution in [1.29, 1.82) is 0 Å². The fourth-order valence-electron chi connectivity index (χ4n) is 2.55. The highest BCUT2D eigenvalue weighted by Crippen LogP contribution is 2.07. The molecule has 1 atom stereocenters. The third-order valence-corrected chi connectivity index (χ3v) is 3.77. The third kappa shape index (κ3) is 4.56. The van der Waals surface area contributed by atoms with E-state index in [0.29, 0.717) is 18.2 Å². The van der Waals surface area contributed by atoms with E-state index in [4.69, 9.17) is 0 Å². The van der Waals surface area contributed by atoms with Crippen LogP contribution < -0.4 is 10.6 Å². The standard InChI is InChI=1S/C16H23N3O2/c1-2-19(12-14-9-6-10-17-14)15(20)11-18-16(21)13-7-4-3-5-8-13/h3-5,7-8,14,17H,2,6,9-12H2,1H3,(H,18,21). The first-order chi connectivity index (χ1) is 10.2. The SMILES string of the molecule is CCN(CC1CCCN1)C(=O)CNC(=O)c1ccccc1. The highest BCUT2D eigenvalue weighted by atomic mass is 16.2. The zero-order valence-corrected chi connectivity index (χ0v) is 12.5. The number of nitrogens with zero attached hydrogens (tertiary/aromatic N) is 1. The van der Waals surface area contributed by atoms with Crippen LogP contribution >= 0.6 is 0 Å². The number of amides is 2. The lowest BCUT2D eigenvalue weighted by molar-refractivity contribution is -0.130. The van der Waals surface area contributed by atoms with Gasteiger partial charge in [0.1, 0.15) is 0 Å². The van der Waals surface area contributed by atoms with Gasteiger partial charge >= 0.3 is 0 Å². The van der Waals surface area contributed by atoms with Crippen molar-refractivity contribution < 1.29 is 9.59 Å². The minimum Gasteiger partial charge on any atom is -0.343 e. The molecule has 1 unspecified atom stereocenters. The Bertz CT molecular complexity index is 470. The second kappa shape index (κ2) is 7.78. The molecule has 2 rings (SSSR count). The summed E-state index contributed by atoms with van der Waals surface area (Å²) in [5.74, 6) is -0.241. The number of hydrogen-bond acceptors (Lipinski definition) is 3. The molecule has 0 bridgehead atoms. The van der Waals surface area contributed by atoms with Crippen LogP contribution in [0.1, 0.15) is 30.1 Å². The van der Waals surface area contributed by atoms with Crippen LogP contribution in [-0.2, 0) is 4.79 Å². The Kier molecular flexibility index (Phi) is 5.75. The number of hydrogen-bond donors (Lipinski definition) is 2. The summed E-state index contributed by atoms with van der Waals surface area (Å²) in [5, 5.41) is 6.07. The van der Waals surface area contributed by atoms with Gasteiger partial charge < -0.3 is 15.5 Å². The van der Waals surface area contributed by atoms with Crippen LogP contribution in [-0.4, -0.2) is 48.9 Å². The summed E-state index contributed by atoms with van der Waals surface area (Å²) >= 11 is 0. The molecule has 1 fully saturated rings. The molecular formula is C16H23N3O2. The van der Waals surface area contributed by atoms with Crippen molar-refractivity contribution in [3.63, 3.8) is 0 Å². The molecule has 114 valence electrons. The molecule has 1 saturated heterocycles. The summed E-state index contributed by atoms with van der Waals surface area (Å²) in [6.45, 7) is 4.43. The highest BCUT2D eigenvalue weighted by Gasteiger charge is 2.20. The second-order valence-corrected chi connectivity index (χ2v) is 5.27. The lowest BCUT2D eigenvalue weighted by Gasteiger charge is -2.24. The summed E-state index contributed by atoms with van der Waals surface area (Å²) < 4.78 is 0. The van der Waals surface area contributed by atoms with Gasteiger partial charge in [0, 0.05) is 24.7 Å². The van der Waals surface area contributed by atoms with Crippen LogP contribution in [0.15, 0.2) is 30.3 Å². The zero-order valence-electron chi connectivity index (χ0n) is 12.5. The maximum atomic E-state index is 12.2. The van der Waals surface area contributed by atoms with Crippen LogP contribution in [0.25, 0.3) is 0 Å². The molecule has 1 aliphatic heterocycles. The molecule has 0 aromatic heterocycles. The molecule has 1 aromatic carbocycles. The fraction of sp³-hybridized carbons (Fsp3) is 0.500. The van der Waals surface area contributed by atoms with E-state index in [-0.39, 0.29) is 18.4 Å². The second-order valence-electron chi connectivity index (χ2n) is 5.27. The van der Waals surface area contributed by atoms with Crippen molar-refractivity contribution in [1.82, 2.24) is 15.5 Å². The van der Waals surface area contributed by atoms with Crippen LogP contribution in [0.5, 0.6) is 0 Å². The van der Waals surface area contributed by atoms with E-state index in [1.807, 2.05) is 13.0 Å². The number of rotatable bonds is 6. The fourth-order valence-corrected chi connectivity index (χ4v) is 2.55. The van der Waals surface area contributed by atoms with Gasteiger partial charge in [0.15, 0.2) is 0 Å². The Morgan fingerprint density at radius 1 is 1.33 bits per heavy atom. The van der Waals surface area contributed by atoms with Crippen molar-refractivity contribution in [3.8, 4) is 0 Å². The maximum absolute atomic E-state index is 12.2. The Morgan fingerprint density at radius 3 is 2.71 bits per heavy atom. The van der Waals surface area contributed by atoms with Gasteiger partial charge in [-0.25, -0.2) is 0 Å². The van der Waals surface area contributed by atoms with Crippen molar-refractivity contribution in [2.24, 2.45) is 0 Å². The minimum atomic E-state index is -0.209. The molecule has 5 nitrogen and oxygen atoms in total. The van der Waals surface area contributed by atoms with Gasteiger partial charge in [0.2, 0.25) is 5.91 Å². The Hall–Kier alpha value is -1.88. The molecule has 0 radical (unpaired) electrons. The number of carbonyl (C=O) groups is 2. The quantitative estimate of drug-likeness (QED) is 0.822. The van der Waals surface area contributed by atoms with E-state index in [9.17, 15) is 9.59 Å². The maximum Gasteiger partial charge on any atom is 0.251 e. The van der Waals surface area contributed by atoms with E-state index in [2.05, 4.69) is 10.6 Å². The summed E-state index contributed by atoms with van der Waals surface area (Å²) in [6.07, 6.45) is 2.28. The molecule has 1 heterocycles. The molecule has 1 aromatic rings. The van der Waals surface area contributed by atoms with E-state index >= 15 is 0 Å². The van der Waals surface area contributed by atoms with Crippen LogP contribution in [0, 0.1) is 0 Å². The molecule has 0 spiro atoms. The summed E-state index contributed by atoms with van der Waals surface area (Å²) in [7, 11) is 0. The number of nitrogens with one attached hydrogen (secondary N) is 2. The van der Waals surface area contributed by atoms with Crippen molar-refractivity contribution in [3.05, 3.63) is 35.9 Å². The minimum absolute atomic E-state index is 0.0320. The highest BCUT2D eigenvalue weighted by molar-refractivity contribution is 5.96. The molecule has 0 saturated carbocycles. The monoisotopic (exact) mass is 289 g/mol. The number of likely N-dealkylation sites (N-methyl/N-ethyl adjacent to an activating group) is 1. The molecule has 0 aliphatic carbocycles. The Morgan fingerprint density at radius 2 is 2.10 bits per heavy atom. The molecule has 21 heavy (non-hydrogen) atoms. The van der Waals surface area contributed by atoms with Gasteiger partial charge in [-0.3, -0.25) is 9.59 Å². The number of carbonyl (C=O) groups excluding carboxylic acids is 2. The van der Waals surface area contributed by atoms with E-state index in [0.717, 1.165) is 19.5 Å². The van der Waals surface area contributed by atoms with Gasteiger partial charge in [-0.2, -0.15) is 0 Å². The summed E-state index contributed by atoms with van der Waals surface area (Å²) in [5.41, 5.74) is 0.575. The predicted octanol–water partition coefficient (Wildman–Crippen LogP) is 1.02. The zero-order chi connectivity index (χ0) is 15.1. The van der Waals surface area contributed by atoms with Gasteiger partial charge in [-0.15, -0.1) is 0 Å². The third-order valence-electron chi connectivity index (χ3n) is 3.77. The Labute approximate surface area is 125 Å². The summed E-state index contributed by atoms with van der Waals surface area (Å²) in [6, 6.07) is 9.33. The topological polar surface area (TPSA) is 61.4 Å². The normalized spacial score (nSPS) is 17.5. The molecular weight excluding hydrogens is 266 g/mol. The first kappa shape index (κ1) is 15.5. The van der Waals surface area contributed by atoms with E-state index in [1.165, 1.54) is 6.42 Å². The average Bonchev–Trinajstić information content (AvgIpc) is 3.03. The van der Waals surface area contributed by atoms with Gasteiger partial charge in [0.05, 0.1) is 6.54 Å². The van der Waals surface area contributed by atoms with Crippen LogP contribution in [0.3, 0.4) is 0 Å². The van der Waals surface area contributed by atoms with Crippen molar-refractivity contribution in [2.45, 2.75) is 25.8 Å².